The number of aromatic nitrogens is 1. The number of fused-ring (bicyclic) bond motifs is 2. The molecule has 2 aliphatic heterocycles. The van der Waals surface area contributed by atoms with Crippen LogP contribution in [-0.4, -0.2) is 33.5 Å². The second-order valence-corrected chi connectivity index (χ2v) is 8.72. The number of ketones is 1. The lowest BCUT2D eigenvalue weighted by Crippen LogP contribution is -2.29. The molecule has 6 rings (SSSR count). The number of nitrogens with one attached hydrogen (secondary N) is 1. The first-order chi connectivity index (χ1) is 17.0. The van der Waals surface area contributed by atoms with Crippen LogP contribution in [0.15, 0.2) is 78.5 Å². The third-order valence-electron chi connectivity index (χ3n) is 6.68. The molecule has 3 aromatic carbocycles. The van der Waals surface area contributed by atoms with Crippen LogP contribution in [0.1, 0.15) is 29.2 Å². The van der Waals surface area contributed by atoms with Gasteiger partial charge in [0.15, 0.2) is 0 Å². The van der Waals surface area contributed by atoms with Gasteiger partial charge in [-0.25, -0.2) is 0 Å². The van der Waals surface area contributed by atoms with E-state index in [0.717, 1.165) is 35.1 Å². The Kier molecular flexibility index (Phi) is 4.84. The number of amides is 1. The summed E-state index contributed by atoms with van der Waals surface area (Å²) in [4.78, 5) is 31.2. The van der Waals surface area contributed by atoms with Crippen molar-refractivity contribution in [3.05, 3.63) is 95.2 Å². The summed E-state index contributed by atoms with van der Waals surface area (Å²) in [5.74, 6) is -1.26. The number of nitrogens with zero attached hydrogens (tertiary/aromatic N) is 1. The van der Waals surface area contributed by atoms with E-state index in [9.17, 15) is 19.8 Å². The molecule has 1 unspecified atom stereocenters. The molecule has 3 heterocycles. The molecule has 0 radical (unpaired) electrons. The van der Waals surface area contributed by atoms with Gasteiger partial charge >= 0.3 is 0 Å². The molecular weight excluding hydrogens is 444 g/mol. The molecule has 0 spiro atoms. The number of aromatic amines is 1. The summed E-state index contributed by atoms with van der Waals surface area (Å²) in [5, 5.41) is 22.8. The van der Waals surface area contributed by atoms with Crippen LogP contribution >= 0.6 is 0 Å². The maximum atomic E-state index is 13.4. The first-order valence-electron chi connectivity index (χ1n) is 11.5. The van der Waals surface area contributed by atoms with Gasteiger partial charge in [-0.05, 0) is 54.8 Å². The minimum Gasteiger partial charge on any atom is -0.507 e. The number of aliphatic hydroxyl groups excluding tert-OH is 1. The molecule has 3 N–H and O–H groups in total. The number of hydrogen-bond donors (Lipinski definition) is 3. The standard InChI is InChI=1S/C28H22N2O5/c31-22-10-4-3-9-21(22)30-25(19-15-29-20-8-2-1-7-18(19)20)24(27(33)28(30)34)26(32)17-11-12-23-16(14-17)6-5-13-35-23/h1-4,7-12,14-15,25,29,31-32H,5-6,13H2/b26-24+. The van der Waals surface area contributed by atoms with E-state index in [1.54, 1.807) is 36.5 Å². The zero-order valence-corrected chi connectivity index (χ0v) is 18.7. The van der Waals surface area contributed by atoms with Gasteiger partial charge in [0.05, 0.1) is 23.9 Å². The summed E-state index contributed by atoms with van der Waals surface area (Å²) in [6.45, 7) is 0.643. The molecule has 174 valence electrons. The van der Waals surface area contributed by atoms with E-state index in [4.69, 9.17) is 4.74 Å². The van der Waals surface area contributed by atoms with Crippen molar-refractivity contribution in [2.75, 3.05) is 11.5 Å². The molecular formula is C28H22N2O5. The van der Waals surface area contributed by atoms with E-state index in [1.165, 1.54) is 11.0 Å². The van der Waals surface area contributed by atoms with Gasteiger partial charge in [0, 0.05) is 28.2 Å². The largest absolute Gasteiger partial charge is 0.507 e. The first kappa shape index (κ1) is 21.0. The normalized spacial score (nSPS) is 19.1. The van der Waals surface area contributed by atoms with Gasteiger partial charge in [-0.2, -0.15) is 0 Å². The molecule has 35 heavy (non-hydrogen) atoms. The fourth-order valence-corrected chi connectivity index (χ4v) is 5.03. The first-order valence-corrected chi connectivity index (χ1v) is 11.5. The van der Waals surface area contributed by atoms with Crippen molar-refractivity contribution in [1.82, 2.24) is 4.98 Å². The average Bonchev–Trinajstić information content (AvgIpc) is 3.42. The van der Waals surface area contributed by atoms with Gasteiger partial charge in [-0.15, -0.1) is 0 Å². The maximum Gasteiger partial charge on any atom is 0.300 e. The van der Waals surface area contributed by atoms with E-state index in [1.807, 2.05) is 30.3 Å². The van der Waals surface area contributed by atoms with E-state index in [2.05, 4.69) is 4.98 Å². The van der Waals surface area contributed by atoms with Crippen LogP contribution in [0.2, 0.25) is 0 Å². The topological polar surface area (TPSA) is 103 Å². The second kappa shape index (κ2) is 8.06. The van der Waals surface area contributed by atoms with Crippen molar-refractivity contribution in [2.45, 2.75) is 18.9 Å². The molecule has 2 aliphatic rings. The molecule has 1 fully saturated rings. The van der Waals surface area contributed by atoms with Crippen molar-refractivity contribution in [3.8, 4) is 11.5 Å². The molecule has 4 aromatic rings. The fraction of sp³-hybridized carbons (Fsp3) is 0.143. The van der Waals surface area contributed by atoms with Gasteiger partial charge in [-0.1, -0.05) is 30.3 Å². The number of Topliss-reactive ketones (excluding diaryl/α,β-unsaturated/α-hetero) is 1. The Labute approximate surface area is 200 Å². The fourth-order valence-electron chi connectivity index (χ4n) is 5.03. The van der Waals surface area contributed by atoms with E-state index >= 15 is 0 Å². The van der Waals surface area contributed by atoms with Gasteiger partial charge in [0.1, 0.15) is 17.3 Å². The summed E-state index contributed by atoms with van der Waals surface area (Å²) in [5.41, 5.74) is 3.03. The van der Waals surface area contributed by atoms with E-state index < -0.39 is 17.7 Å². The number of hydrogen-bond acceptors (Lipinski definition) is 5. The number of carbonyl (C=O) groups is 2. The summed E-state index contributed by atoms with van der Waals surface area (Å²) in [6, 6.07) is 18.3. The Balaban J connectivity index is 1.59. The minimum atomic E-state index is -0.938. The highest BCUT2D eigenvalue weighted by molar-refractivity contribution is 6.52. The number of H-pyrrole nitrogens is 1. The number of phenols is 1. The number of benzene rings is 3. The van der Waals surface area contributed by atoms with E-state index in [-0.39, 0.29) is 22.8 Å². The van der Waals surface area contributed by atoms with Gasteiger partial charge in [0.25, 0.3) is 11.7 Å². The third kappa shape index (κ3) is 3.27. The number of aromatic hydroxyl groups is 1. The van der Waals surface area contributed by atoms with Gasteiger partial charge in [-0.3, -0.25) is 14.5 Å². The zero-order valence-electron chi connectivity index (χ0n) is 18.7. The second-order valence-electron chi connectivity index (χ2n) is 8.72. The molecule has 7 nitrogen and oxygen atoms in total. The molecule has 0 bridgehead atoms. The van der Waals surface area contributed by atoms with Crippen LogP contribution in [-0.2, 0) is 16.0 Å². The molecule has 1 aromatic heterocycles. The predicted octanol–water partition coefficient (Wildman–Crippen LogP) is 4.82. The number of anilines is 1. The van der Waals surface area contributed by atoms with Crippen molar-refractivity contribution in [1.29, 1.82) is 0 Å². The Hall–Kier alpha value is -4.52. The highest BCUT2D eigenvalue weighted by atomic mass is 16.5. The molecule has 1 atom stereocenters. The number of carbonyl (C=O) groups excluding carboxylic acids is 2. The SMILES string of the molecule is O=C1C(=O)N(c2ccccc2O)C(c2c[nH]c3ccccc23)/C1=C(\O)c1ccc2c(c1)CCCO2. The number of phenolic OH excluding ortho intramolecular Hbond substituents is 1. The number of aliphatic hydroxyl groups is 1. The minimum absolute atomic E-state index is 0.0281. The number of rotatable bonds is 3. The lowest BCUT2D eigenvalue weighted by Gasteiger charge is -2.25. The highest BCUT2D eigenvalue weighted by Crippen LogP contribution is 2.46. The molecule has 1 amide bonds. The Morgan fingerprint density at radius 1 is 1.03 bits per heavy atom. The van der Waals surface area contributed by atoms with Gasteiger partial charge in [0.2, 0.25) is 0 Å². The van der Waals surface area contributed by atoms with Crippen molar-refractivity contribution >= 4 is 34.0 Å². The Morgan fingerprint density at radius 3 is 2.69 bits per heavy atom. The van der Waals surface area contributed by atoms with E-state index in [0.29, 0.717) is 17.7 Å². The molecule has 7 heteroatoms. The van der Waals surface area contributed by atoms with Gasteiger partial charge < -0.3 is 19.9 Å². The van der Waals surface area contributed by atoms with Crippen LogP contribution in [0.3, 0.4) is 0 Å². The van der Waals surface area contributed by atoms with Crippen LogP contribution in [0.25, 0.3) is 16.7 Å². The van der Waals surface area contributed by atoms with Crippen LogP contribution in [0.5, 0.6) is 11.5 Å². The van der Waals surface area contributed by atoms with Crippen LogP contribution in [0.4, 0.5) is 5.69 Å². The maximum absolute atomic E-state index is 13.4. The van der Waals surface area contributed by atoms with Crippen molar-refractivity contribution in [3.63, 3.8) is 0 Å². The molecule has 1 saturated heterocycles. The predicted molar refractivity (Wildman–Crippen MR) is 131 cm³/mol. The monoisotopic (exact) mass is 466 g/mol. The molecule has 0 aliphatic carbocycles. The summed E-state index contributed by atoms with van der Waals surface area (Å²) in [7, 11) is 0. The zero-order chi connectivity index (χ0) is 24.1. The smallest absolute Gasteiger partial charge is 0.300 e. The van der Waals surface area contributed by atoms with Crippen LogP contribution < -0.4 is 9.64 Å². The average molecular weight is 466 g/mol. The molecule has 0 saturated carbocycles. The Bertz CT molecular complexity index is 1530. The lowest BCUT2D eigenvalue weighted by atomic mass is 9.93. The highest BCUT2D eigenvalue weighted by Gasteiger charge is 2.48. The quantitative estimate of drug-likeness (QED) is 0.228. The Morgan fingerprint density at radius 2 is 1.83 bits per heavy atom. The number of para-hydroxylation sites is 3. The number of aryl methyl sites for hydroxylation is 1. The van der Waals surface area contributed by atoms with Crippen LogP contribution in [0, 0.1) is 0 Å². The number of ether oxygens (including phenoxy) is 1. The van der Waals surface area contributed by atoms with Crippen molar-refractivity contribution < 1.29 is 24.5 Å². The van der Waals surface area contributed by atoms with Crippen molar-refractivity contribution in [2.24, 2.45) is 0 Å². The summed E-state index contributed by atoms with van der Waals surface area (Å²) >= 11 is 0. The summed E-state index contributed by atoms with van der Waals surface area (Å²) < 4.78 is 5.68. The lowest BCUT2D eigenvalue weighted by molar-refractivity contribution is -0.132. The third-order valence-corrected chi connectivity index (χ3v) is 6.68. The summed E-state index contributed by atoms with van der Waals surface area (Å²) in [6.07, 6.45) is 3.40.